The van der Waals surface area contributed by atoms with Crippen molar-refractivity contribution in [2.24, 2.45) is 5.92 Å². The predicted octanol–water partition coefficient (Wildman–Crippen LogP) is 3.21. The number of thiocarbonyl (C=S) groups is 1. The van der Waals surface area contributed by atoms with Gasteiger partial charge >= 0.3 is 0 Å². The SMILES string of the molecule is CC1CCCN(C(C)NC(=S)Nc2ccc(Br)cn2)C1. The predicted molar refractivity (Wildman–Crippen MR) is 90.7 cm³/mol. The molecule has 2 heterocycles. The number of piperidine rings is 1. The standard InChI is InChI=1S/C14H21BrN4S/c1-10-4-3-7-19(9-10)11(2)17-14(20)18-13-6-5-12(15)8-16-13/h5-6,8,10-11H,3-4,7,9H2,1-2H3,(H2,16,17,18,20). The Morgan fingerprint density at radius 3 is 3.00 bits per heavy atom. The van der Waals surface area contributed by atoms with E-state index < -0.39 is 0 Å². The average molecular weight is 357 g/mol. The van der Waals surface area contributed by atoms with Crippen molar-refractivity contribution in [2.45, 2.75) is 32.9 Å². The van der Waals surface area contributed by atoms with E-state index in [0.717, 1.165) is 29.3 Å². The highest BCUT2D eigenvalue weighted by atomic mass is 79.9. The van der Waals surface area contributed by atoms with Crippen molar-refractivity contribution in [1.82, 2.24) is 15.2 Å². The molecule has 1 aromatic heterocycles. The topological polar surface area (TPSA) is 40.2 Å². The van der Waals surface area contributed by atoms with E-state index in [-0.39, 0.29) is 6.17 Å². The van der Waals surface area contributed by atoms with E-state index in [9.17, 15) is 0 Å². The van der Waals surface area contributed by atoms with Crippen molar-refractivity contribution >= 4 is 39.1 Å². The zero-order valence-corrected chi connectivity index (χ0v) is 14.3. The highest BCUT2D eigenvalue weighted by molar-refractivity contribution is 9.10. The fourth-order valence-corrected chi connectivity index (χ4v) is 2.97. The third kappa shape index (κ3) is 4.68. The lowest BCUT2D eigenvalue weighted by Gasteiger charge is -2.36. The molecule has 0 aromatic carbocycles. The van der Waals surface area contributed by atoms with Gasteiger partial charge in [-0.15, -0.1) is 0 Å². The Labute approximate surface area is 134 Å². The van der Waals surface area contributed by atoms with Gasteiger partial charge in [-0.2, -0.15) is 0 Å². The van der Waals surface area contributed by atoms with E-state index in [1.807, 2.05) is 12.1 Å². The second-order valence-corrected chi connectivity index (χ2v) is 6.70. The molecule has 110 valence electrons. The lowest BCUT2D eigenvalue weighted by Crippen LogP contribution is -2.50. The van der Waals surface area contributed by atoms with Crippen LogP contribution in [0.1, 0.15) is 26.7 Å². The van der Waals surface area contributed by atoms with Crippen molar-refractivity contribution in [3.63, 3.8) is 0 Å². The molecule has 2 rings (SSSR count). The van der Waals surface area contributed by atoms with Crippen LogP contribution in [0.3, 0.4) is 0 Å². The smallest absolute Gasteiger partial charge is 0.173 e. The summed E-state index contributed by atoms with van der Waals surface area (Å²) >= 11 is 8.71. The number of nitrogens with zero attached hydrogens (tertiary/aromatic N) is 2. The van der Waals surface area contributed by atoms with Crippen molar-refractivity contribution < 1.29 is 0 Å². The molecule has 1 aliphatic rings. The fraction of sp³-hybridized carbons (Fsp3) is 0.571. The maximum Gasteiger partial charge on any atom is 0.173 e. The molecule has 0 amide bonds. The second-order valence-electron chi connectivity index (χ2n) is 5.38. The first-order valence-corrected chi connectivity index (χ1v) is 8.18. The van der Waals surface area contributed by atoms with E-state index in [4.69, 9.17) is 12.2 Å². The quantitative estimate of drug-likeness (QED) is 0.813. The van der Waals surface area contributed by atoms with E-state index in [1.165, 1.54) is 12.8 Å². The number of anilines is 1. The summed E-state index contributed by atoms with van der Waals surface area (Å²) in [5.41, 5.74) is 0. The van der Waals surface area contributed by atoms with Crippen molar-refractivity contribution in [3.05, 3.63) is 22.8 Å². The Hall–Kier alpha value is -0.720. The Morgan fingerprint density at radius 1 is 1.55 bits per heavy atom. The third-order valence-electron chi connectivity index (χ3n) is 3.55. The summed E-state index contributed by atoms with van der Waals surface area (Å²) in [6, 6.07) is 3.83. The highest BCUT2D eigenvalue weighted by Gasteiger charge is 2.21. The molecule has 1 aliphatic heterocycles. The van der Waals surface area contributed by atoms with Crippen LogP contribution in [-0.4, -0.2) is 34.3 Å². The van der Waals surface area contributed by atoms with Crippen LogP contribution in [0.15, 0.2) is 22.8 Å². The summed E-state index contributed by atoms with van der Waals surface area (Å²) in [6.07, 6.45) is 4.59. The molecule has 0 saturated carbocycles. The summed E-state index contributed by atoms with van der Waals surface area (Å²) < 4.78 is 0.956. The van der Waals surface area contributed by atoms with E-state index >= 15 is 0 Å². The molecule has 0 spiro atoms. The maximum atomic E-state index is 5.34. The molecule has 1 fully saturated rings. The van der Waals surface area contributed by atoms with Crippen molar-refractivity contribution in [3.8, 4) is 0 Å². The molecule has 1 saturated heterocycles. The molecule has 1 aromatic rings. The van der Waals surface area contributed by atoms with Crippen molar-refractivity contribution in [1.29, 1.82) is 0 Å². The average Bonchev–Trinajstić information content (AvgIpc) is 2.41. The first-order chi connectivity index (χ1) is 9.54. The minimum Gasteiger partial charge on any atom is -0.347 e. The minimum atomic E-state index is 0.244. The summed E-state index contributed by atoms with van der Waals surface area (Å²) in [7, 11) is 0. The molecule has 2 unspecified atom stereocenters. The van der Waals surface area contributed by atoms with Gasteiger partial charge in [0, 0.05) is 23.8 Å². The van der Waals surface area contributed by atoms with Crippen LogP contribution in [0.4, 0.5) is 5.82 Å². The number of pyridine rings is 1. The van der Waals surface area contributed by atoms with Gasteiger partial charge in [0.05, 0.1) is 6.17 Å². The van der Waals surface area contributed by atoms with Gasteiger partial charge in [-0.1, -0.05) is 6.92 Å². The number of halogens is 1. The van der Waals surface area contributed by atoms with Crippen LogP contribution in [0.5, 0.6) is 0 Å². The number of nitrogens with one attached hydrogen (secondary N) is 2. The number of aromatic nitrogens is 1. The lowest BCUT2D eigenvalue weighted by atomic mass is 10.00. The zero-order chi connectivity index (χ0) is 14.5. The molecule has 20 heavy (non-hydrogen) atoms. The molecule has 0 aliphatic carbocycles. The number of likely N-dealkylation sites (tertiary alicyclic amines) is 1. The van der Waals surface area contributed by atoms with Crippen LogP contribution in [-0.2, 0) is 0 Å². The van der Waals surface area contributed by atoms with Crippen LogP contribution in [0.2, 0.25) is 0 Å². The van der Waals surface area contributed by atoms with E-state index in [1.54, 1.807) is 6.20 Å². The molecular formula is C14H21BrN4S. The van der Waals surface area contributed by atoms with E-state index in [2.05, 4.69) is 50.3 Å². The monoisotopic (exact) mass is 356 g/mol. The van der Waals surface area contributed by atoms with Crippen LogP contribution in [0.25, 0.3) is 0 Å². The minimum absolute atomic E-state index is 0.244. The lowest BCUT2D eigenvalue weighted by molar-refractivity contribution is 0.131. The van der Waals surface area contributed by atoms with Crippen LogP contribution < -0.4 is 10.6 Å². The largest absolute Gasteiger partial charge is 0.347 e. The van der Waals surface area contributed by atoms with Gasteiger partial charge in [0.2, 0.25) is 0 Å². The van der Waals surface area contributed by atoms with Gasteiger partial charge in [0.15, 0.2) is 5.11 Å². The zero-order valence-electron chi connectivity index (χ0n) is 11.9. The molecule has 4 nitrogen and oxygen atoms in total. The van der Waals surface area contributed by atoms with Gasteiger partial charge in [-0.05, 0) is 66.0 Å². The number of rotatable bonds is 3. The molecule has 2 atom stereocenters. The van der Waals surface area contributed by atoms with Gasteiger partial charge in [0.1, 0.15) is 5.82 Å². The Bertz CT molecular complexity index is 451. The summed E-state index contributed by atoms with van der Waals surface area (Å²) in [4.78, 5) is 6.69. The third-order valence-corrected chi connectivity index (χ3v) is 4.23. The maximum absolute atomic E-state index is 5.34. The molecule has 0 bridgehead atoms. The normalized spacial score (nSPS) is 21.2. The second kappa shape index (κ2) is 7.33. The van der Waals surface area contributed by atoms with Gasteiger partial charge in [-0.25, -0.2) is 4.98 Å². The van der Waals surface area contributed by atoms with Crippen LogP contribution in [0, 0.1) is 5.92 Å². The molecule has 6 heteroatoms. The van der Waals surface area contributed by atoms with Gasteiger partial charge < -0.3 is 10.6 Å². The molecule has 0 radical (unpaired) electrons. The first-order valence-electron chi connectivity index (χ1n) is 6.97. The molecular weight excluding hydrogens is 336 g/mol. The summed E-state index contributed by atoms with van der Waals surface area (Å²) in [6.45, 7) is 6.73. The Morgan fingerprint density at radius 2 is 2.35 bits per heavy atom. The first kappa shape index (κ1) is 15.7. The highest BCUT2D eigenvalue weighted by Crippen LogP contribution is 2.17. The number of hydrogen-bond acceptors (Lipinski definition) is 3. The van der Waals surface area contributed by atoms with Crippen molar-refractivity contribution in [2.75, 3.05) is 18.4 Å². The number of hydrogen-bond donors (Lipinski definition) is 2. The Kier molecular flexibility index (Phi) is 5.74. The summed E-state index contributed by atoms with van der Waals surface area (Å²) in [5, 5.41) is 7.06. The van der Waals surface area contributed by atoms with E-state index in [0.29, 0.717) is 5.11 Å². The van der Waals surface area contributed by atoms with Crippen LogP contribution >= 0.6 is 28.1 Å². The Balaban J connectivity index is 1.82. The molecule has 2 N–H and O–H groups in total. The summed E-state index contributed by atoms with van der Waals surface area (Å²) in [5.74, 6) is 1.52. The van der Waals surface area contributed by atoms with Gasteiger partial charge in [-0.3, -0.25) is 4.90 Å². The van der Waals surface area contributed by atoms with Gasteiger partial charge in [0.25, 0.3) is 0 Å². The fourth-order valence-electron chi connectivity index (χ4n) is 2.46.